The van der Waals surface area contributed by atoms with E-state index in [2.05, 4.69) is 26.1 Å². The van der Waals surface area contributed by atoms with E-state index in [0.29, 0.717) is 12.0 Å². The summed E-state index contributed by atoms with van der Waals surface area (Å²) in [4.78, 5) is 0. The molecule has 0 spiro atoms. The summed E-state index contributed by atoms with van der Waals surface area (Å²) in [6.45, 7) is 7.33. The first-order chi connectivity index (χ1) is 7.08. The smallest absolute Gasteiger partial charge is 0.123 e. The predicted octanol–water partition coefficient (Wildman–Crippen LogP) is 3.35. The van der Waals surface area contributed by atoms with Gasteiger partial charge in [-0.15, -0.1) is 0 Å². The lowest BCUT2D eigenvalue weighted by molar-refractivity contribution is 0.441. The van der Waals surface area contributed by atoms with Crippen LogP contribution in [0, 0.1) is 11.7 Å². The van der Waals surface area contributed by atoms with Crippen molar-refractivity contribution >= 4 is 0 Å². The molecule has 2 heteroatoms. The number of hydrogen-bond acceptors (Lipinski definition) is 1. The van der Waals surface area contributed by atoms with E-state index in [9.17, 15) is 4.39 Å². The maximum Gasteiger partial charge on any atom is 0.123 e. The van der Waals surface area contributed by atoms with Crippen LogP contribution in [0.5, 0.6) is 0 Å². The fourth-order valence-electron chi connectivity index (χ4n) is 1.73. The second-order valence-corrected chi connectivity index (χ2v) is 4.54. The molecule has 0 fully saturated rings. The number of rotatable bonds is 5. The first-order valence-electron chi connectivity index (χ1n) is 5.55. The highest BCUT2D eigenvalue weighted by Gasteiger charge is 2.04. The Morgan fingerprint density at radius 2 is 2.00 bits per heavy atom. The maximum atomic E-state index is 12.9. The van der Waals surface area contributed by atoms with Crippen molar-refractivity contribution in [3.63, 3.8) is 0 Å². The van der Waals surface area contributed by atoms with Gasteiger partial charge in [-0.2, -0.15) is 0 Å². The summed E-state index contributed by atoms with van der Waals surface area (Å²) in [5.74, 6) is 0.533. The second kappa shape index (κ2) is 5.86. The van der Waals surface area contributed by atoms with Crippen molar-refractivity contribution in [1.29, 1.82) is 0 Å². The van der Waals surface area contributed by atoms with E-state index in [1.165, 1.54) is 6.07 Å². The van der Waals surface area contributed by atoms with Gasteiger partial charge in [0.2, 0.25) is 0 Å². The van der Waals surface area contributed by atoms with Crippen molar-refractivity contribution in [1.82, 2.24) is 5.32 Å². The number of hydrogen-bond donors (Lipinski definition) is 1. The van der Waals surface area contributed by atoms with Gasteiger partial charge in [-0.3, -0.25) is 0 Å². The van der Waals surface area contributed by atoms with Crippen LogP contribution >= 0.6 is 0 Å². The van der Waals surface area contributed by atoms with E-state index in [4.69, 9.17) is 0 Å². The van der Waals surface area contributed by atoms with Crippen LogP contribution in [0.2, 0.25) is 0 Å². The first-order valence-corrected chi connectivity index (χ1v) is 5.55. The van der Waals surface area contributed by atoms with E-state index in [0.717, 1.165) is 18.5 Å². The topological polar surface area (TPSA) is 12.0 Å². The van der Waals surface area contributed by atoms with Crippen LogP contribution in [0.15, 0.2) is 24.3 Å². The molecule has 1 rings (SSSR count). The molecular formula is C13H20FN. The lowest BCUT2D eigenvalue weighted by atomic mass is 10.1. The van der Waals surface area contributed by atoms with Gasteiger partial charge >= 0.3 is 0 Å². The Kier molecular flexibility index (Phi) is 4.76. The largest absolute Gasteiger partial charge is 0.310 e. The Morgan fingerprint density at radius 3 is 2.60 bits per heavy atom. The van der Waals surface area contributed by atoms with Gasteiger partial charge in [0, 0.05) is 12.6 Å². The monoisotopic (exact) mass is 209 g/mol. The van der Waals surface area contributed by atoms with Crippen molar-refractivity contribution in [3.05, 3.63) is 35.6 Å². The van der Waals surface area contributed by atoms with E-state index in [1.54, 1.807) is 12.1 Å². The molecule has 0 amide bonds. The van der Waals surface area contributed by atoms with E-state index < -0.39 is 0 Å². The molecule has 0 bridgehead atoms. The molecule has 0 aliphatic rings. The summed E-state index contributed by atoms with van der Waals surface area (Å²) in [6.07, 6.45) is 1.15. The van der Waals surface area contributed by atoms with Gasteiger partial charge in [-0.25, -0.2) is 4.39 Å². The average Bonchev–Trinajstić information content (AvgIpc) is 2.14. The molecule has 0 heterocycles. The van der Waals surface area contributed by atoms with Crippen LogP contribution in [0.25, 0.3) is 0 Å². The Morgan fingerprint density at radius 1 is 1.27 bits per heavy atom. The van der Waals surface area contributed by atoms with Crippen molar-refractivity contribution in [2.45, 2.75) is 39.8 Å². The minimum atomic E-state index is -0.161. The van der Waals surface area contributed by atoms with E-state index in [1.807, 2.05) is 6.07 Å². The molecule has 1 nitrogen and oxygen atoms in total. The molecule has 0 radical (unpaired) electrons. The lowest BCUT2D eigenvalue weighted by Gasteiger charge is -2.15. The van der Waals surface area contributed by atoms with Gasteiger partial charge in [0.1, 0.15) is 5.82 Å². The fraction of sp³-hybridized carbons (Fsp3) is 0.538. The SMILES string of the molecule is CC(C)CC(C)NCc1cccc(F)c1. The molecule has 0 saturated carbocycles. The zero-order valence-corrected chi connectivity index (χ0v) is 9.76. The minimum Gasteiger partial charge on any atom is -0.310 e. The molecular weight excluding hydrogens is 189 g/mol. The van der Waals surface area contributed by atoms with E-state index in [-0.39, 0.29) is 5.82 Å². The summed E-state index contributed by atoms with van der Waals surface area (Å²) in [5, 5.41) is 3.39. The molecule has 0 aromatic heterocycles. The lowest BCUT2D eigenvalue weighted by Crippen LogP contribution is -2.26. The van der Waals surface area contributed by atoms with Crippen LogP contribution in [-0.2, 0) is 6.54 Å². The molecule has 84 valence electrons. The zero-order valence-electron chi connectivity index (χ0n) is 9.76. The number of nitrogens with one attached hydrogen (secondary N) is 1. The van der Waals surface area contributed by atoms with Crippen LogP contribution in [0.4, 0.5) is 4.39 Å². The standard InChI is InChI=1S/C13H20FN/c1-10(2)7-11(3)15-9-12-5-4-6-13(14)8-12/h4-6,8,10-11,15H,7,9H2,1-3H3. The highest BCUT2D eigenvalue weighted by Crippen LogP contribution is 2.06. The molecule has 1 aromatic carbocycles. The Bertz CT molecular complexity index is 296. The molecule has 15 heavy (non-hydrogen) atoms. The van der Waals surface area contributed by atoms with Crippen LogP contribution < -0.4 is 5.32 Å². The van der Waals surface area contributed by atoms with E-state index >= 15 is 0 Å². The Balaban J connectivity index is 2.36. The van der Waals surface area contributed by atoms with Gasteiger partial charge in [0.15, 0.2) is 0 Å². The second-order valence-electron chi connectivity index (χ2n) is 4.54. The summed E-state index contributed by atoms with van der Waals surface area (Å²) >= 11 is 0. The third kappa shape index (κ3) is 4.93. The third-order valence-electron chi connectivity index (χ3n) is 2.37. The highest BCUT2D eigenvalue weighted by molar-refractivity contribution is 5.15. The van der Waals surface area contributed by atoms with Crippen LogP contribution in [0.3, 0.4) is 0 Å². The van der Waals surface area contributed by atoms with Crippen molar-refractivity contribution < 1.29 is 4.39 Å². The van der Waals surface area contributed by atoms with Crippen molar-refractivity contribution in [2.24, 2.45) is 5.92 Å². The Labute approximate surface area is 91.7 Å². The van der Waals surface area contributed by atoms with Gasteiger partial charge < -0.3 is 5.32 Å². The fourth-order valence-corrected chi connectivity index (χ4v) is 1.73. The van der Waals surface area contributed by atoms with Crippen LogP contribution in [0.1, 0.15) is 32.8 Å². The third-order valence-corrected chi connectivity index (χ3v) is 2.37. The van der Waals surface area contributed by atoms with Gasteiger partial charge in [0.25, 0.3) is 0 Å². The molecule has 0 aliphatic carbocycles. The average molecular weight is 209 g/mol. The molecule has 1 aromatic rings. The zero-order chi connectivity index (χ0) is 11.3. The number of benzene rings is 1. The number of halogens is 1. The van der Waals surface area contributed by atoms with Gasteiger partial charge in [-0.1, -0.05) is 26.0 Å². The van der Waals surface area contributed by atoms with Crippen LogP contribution in [-0.4, -0.2) is 6.04 Å². The highest BCUT2D eigenvalue weighted by atomic mass is 19.1. The molecule has 0 aliphatic heterocycles. The summed E-state index contributed by atoms with van der Waals surface area (Å²) in [5.41, 5.74) is 1.01. The molecule has 1 unspecified atom stereocenters. The first kappa shape index (κ1) is 12.2. The minimum absolute atomic E-state index is 0.161. The van der Waals surface area contributed by atoms with Crippen molar-refractivity contribution in [3.8, 4) is 0 Å². The quantitative estimate of drug-likeness (QED) is 0.784. The van der Waals surface area contributed by atoms with Crippen molar-refractivity contribution in [2.75, 3.05) is 0 Å². The summed E-state index contributed by atoms with van der Waals surface area (Å²) in [6, 6.07) is 7.22. The van der Waals surface area contributed by atoms with Gasteiger partial charge in [0.05, 0.1) is 0 Å². The molecule has 1 atom stereocenters. The molecule has 1 N–H and O–H groups in total. The Hall–Kier alpha value is -0.890. The predicted molar refractivity (Wildman–Crippen MR) is 62.2 cm³/mol. The summed E-state index contributed by atoms with van der Waals surface area (Å²) < 4.78 is 12.9. The molecule has 0 saturated heterocycles. The summed E-state index contributed by atoms with van der Waals surface area (Å²) in [7, 11) is 0. The van der Waals surface area contributed by atoms with Gasteiger partial charge in [-0.05, 0) is 37.0 Å². The normalized spacial score (nSPS) is 13.1. The maximum absolute atomic E-state index is 12.9.